The number of carbonyl (C=O) groups is 1. The molecule has 2 rings (SSSR count). The van der Waals surface area contributed by atoms with Crippen LogP contribution in [0.5, 0.6) is 0 Å². The van der Waals surface area contributed by atoms with Gasteiger partial charge in [0.2, 0.25) is 0 Å². The summed E-state index contributed by atoms with van der Waals surface area (Å²) in [5, 5.41) is 0. The molecule has 18 heavy (non-hydrogen) atoms. The lowest BCUT2D eigenvalue weighted by Crippen LogP contribution is -2.27. The zero-order chi connectivity index (χ0) is 13.2. The summed E-state index contributed by atoms with van der Waals surface area (Å²) in [5.74, 6) is -1.03. The van der Waals surface area contributed by atoms with Crippen LogP contribution >= 0.6 is 0 Å². The van der Waals surface area contributed by atoms with E-state index < -0.39 is 23.4 Å². The normalized spacial score (nSPS) is 20.7. The maximum atomic E-state index is 12.8. The van der Waals surface area contributed by atoms with Crippen LogP contribution in [-0.2, 0) is 10.9 Å². The lowest BCUT2D eigenvalue weighted by Gasteiger charge is -2.22. The first kappa shape index (κ1) is 13.0. The highest BCUT2D eigenvalue weighted by Crippen LogP contribution is 2.33. The lowest BCUT2D eigenvalue weighted by molar-refractivity contribution is -0.138. The molecule has 6 heteroatoms. The number of rotatable bonds is 2. The van der Waals surface area contributed by atoms with Gasteiger partial charge in [0.25, 0.3) is 0 Å². The molecule has 0 saturated carbocycles. The molecule has 1 aliphatic heterocycles. The summed E-state index contributed by atoms with van der Waals surface area (Å²) in [6.45, 7) is 0.744. The Labute approximate surface area is 102 Å². The molecule has 0 bridgehead atoms. The Balaban J connectivity index is 2.30. The van der Waals surface area contributed by atoms with Crippen molar-refractivity contribution in [3.63, 3.8) is 0 Å². The van der Waals surface area contributed by atoms with Crippen molar-refractivity contribution in [2.45, 2.75) is 19.0 Å². The first-order valence-electron chi connectivity index (χ1n) is 5.63. The van der Waals surface area contributed by atoms with Gasteiger partial charge in [-0.1, -0.05) is 0 Å². The average Bonchev–Trinajstić information content (AvgIpc) is 2.38. The van der Waals surface area contributed by atoms with Gasteiger partial charge < -0.3 is 4.74 Å². The summed E-state index contributed by atoms with van der Waals surface area (Å²) < 4.78 is 43.4. The van der Waals surface area contributed by atoms with E-state index in [0.717, 1.165) is 18.5 Å². The van der Waals surface area contributed by atoms with Crippen LogP contribution < -0.4 is 0 Å². The molecule has 0 radical (unpaired) electrons. The highest BCUT2D eigenvalue weighted by molar-refractivity contribution is 5.99. The van der Waals surface area contributed by atoms with E-state index >= 15 is 0 Å². The van der Waals surface area contributed by atoms with Gasteiger partial charge in [0.1, 0.15) is 0 Å². The summed E-state index contributed by atoms with van der Waals surface area (Å²) in [6, 6.07) is 0.830. The van der Waals surface area contributed by atoms with E-state index in [4.69, 9.17) is 4.74 Å². The number of hydrogen-bond acceptors (Lipinski definition) is 3. The van der Waals surface area contributed by atoms with Crippen LogP contribution in [0.4, 0.5) is 13.2 Å². The van der Waals surface area contributed by atoms with Crippen LogP contribution in [0.25, 0.3) is 0 Å². The van der Waals surface area contributed by atoms with Crippen LogP contribution in [0.15, 0.2) is 18.5 Å². The van der Waals surface area contributed by atoms with E-state index in [1.165, 1.54) is 0 Å². The largest absolute Gasteiger partial charge is 0.417 e. The smallest absolute Gasteiger partial charge is 0.381 e. The molecule has 0 N–H and O–H groups in total. The fraction of sp³-hybridized carbons (Fsp3) is 0.500. The minimum absolute atomic E-state index is 0.186. The Morgan fingerprint density at radius 1 is 1.44 bits per heavy atom. The standard InChI is InChI=1S/C12H12F3NO2/c13-12(14,15)10-3-4-16-6-9(10)11(17)8-2-1-5-18-7-8/h3-4,6,8H,1-2,5,7H2. The van der Waals surface area contributed by atoms with E-state index in [-0.39, 0.29) is 12.2 Å². The van der Waals surface area contributed by atoms with E-state index in [1.54, 1.807) is 0 Å². The topological polar surface area (TPSA) is 39.2 Å². The molecule has 1 saturated heterocycles. The van der Waals surface area contributed by atoms with Crippen LogP contribution in [0.2, 0.25) is 0 Å². The number of Topliss-reactive ketones (excluding diaryl/α,β-unsaturated/α-hetero) is 1. The fourth-order valence-corrected chi connectivity index (χ4v) is 2.01. The molecule has 1 aromatic rings. The molecule has 1 aliphatic rings. The number of pyridine rings is 1. The van der Waals surface area contributed by atoms with Gasteiger partial charge in [-0.15, -0.1) is 0 Å². The Bertz CT molecular complexity index is 439. The number of carbonyl (C=O) groups excluding carboxylic acids is 1. The molecule has 1 atom stereocenters. The van der Waals surface area contributed by atoms with Crippen molar-refractivity contribution in [3.05, 3.63) is 29.6 Å². The Kier molecular flexibility index (Phi) is 3.65. The van der Waals surface area contributed by atoms with Crippen molar-refractivity contribution in [1.29, 1.82) is 0 Å². The Hall–Kier alpha value is -1.43. The molecule has 1 fully saturated rings. The average molecular weight is 259 g/mol. The molecule has 2 heterocycles. The quantitative estimate of drug-likeness (QED) is 0.766. The van der Waals surface area contributed by atoms with Crippen molar-refractivity contribution in [2.75, 3.05) is 13.2 Å². The number of alkyl halides is 3. The molecule has 0 spiro atoms. The molecule has 98 valence electrons. The number of nitrogens with zero attached hydrogens (tertiary/aromatic N) is 1. The fourth-order valence-electron chi connectivity index (χ4n) is 2.01. The van der Waals surface area contributed by atoms with Crippen molar-refractivity contribution in [1.82, 2.24) is 4.98 Å². The SMILES string of the molecule is O=C(c1cnccc1C(F)(F)F)C1CCCOC1. The zero-order valence-electron chi connectivity index (χ0n) is 9.54. The van der Waals surface area contributed by atoms with Gasteiger partial charge in [-0.2, -0.15) is 13.2 Å². The number of ketones is 1. The molecule has 1 unspecified atom stereocenters. The molecule has 0 amide bonds. The molecule has 3 nitrogen and oxygen atoms in total. The highest BCUT2D eigenvalue weighted by atomic mass is 19.4. The van der Waals surface area contributed by atoms with Gasteiger partial charge in [-0.3, -0.25) is 9.78 Å². The Morgan fingerprint density at radius 2 is 2.22 bits per heavy atom. The third-order valence-corrected chi connectivity index (χ3v) is 2.92. The maximum absolute atomic E-state index is 12.8. The Morgan fingerprint density at radius 3 is 2.83 bits per heavy atom. The van der Waals surface area contributed by atoms with Crippen molar-refractivity contribution < 1.29 is 22.7 Å². The van der Waals surface area contributed by atoms with E-state index in [0.29, 0.717) is 19.4 Å². The molecule has 1 aromatic heterocycles. The van der Waals surface area contributed by atoms with Gasteiger partial charge in [-0.25, -0.2) is 0 Å². The minimum atomic E-state index is -4.54. The summed E-state index contributed by atoms with van der Waals surface area (Å²) in [6.07, 6.45) is -1.26. The van der Waals surface area contributed by atoms with Crippen molar-refractivity contribution in [2.24, 2.45) is 5.92 Å². The van der Waals surface area contributed by atoms with Gasteiger partial charge in [0.15, 0.2) is 5.78 Å². The number of aromatic nitrogens is 1. The van der Waals surface area contributed by atoms with E-state index in [9.17, 15) is 18.0 Å². The number of halogens is 3. The second-order valence-electron chi connectivity index (χ2n) is 4.20. The monoisotopic (exact) mass is 259 g/mol. The zero-order valence-corrected chi connectivity index (χ0v) is 9.54. The van der Waals surface area contributed by atoms with Crippen LogP contribution in [0, 0.1) is 5.92 Å². The predicted octanol–water partition coefficient (Wildman–Crippen LogP) is 2.71. The summed E-state index contributed by atoms with van der Waals surface area (Å²) in [7, 11) is 0. The second-order valence-corrected chi connectivity index (χ2v) is 4.20. The van der Waals surface area contributed by atoms with Crippen LogP contribution in [-0.4, -0.2) is 24.0 Å². The summed E-state index contributed by atoms with van der Waals surface area (Å²) >= 11 is 0. The third kappa shape index (κ3) is 2.69. The highest BCUT2D eigenvalue weighted by Gasteiger charge is 2.37. The summed E-state index contributed by atoms with van der Waals surface area (Å²) in [4.78, 5) is 15.7. The minimum Gasteiger partial charge on any atom is -0.381 e. The van der Waals surface area contributed by atoms with Gasteiger partial charge in [0, 0.05) is 30.5 Å². The van der Waals surface area contributed by atoms with Crippen molar-refractivity contribution in [3.8, 4) is 0 Å². The number of ether oxygens (including phenoxy) is 1. The van der Waals surface area contributed by atoms with E-state index in [2.05, 4.69) is 4.98 Å². The second kappa shape index (κ2) is 5.06. The number of hydrogen-bond donors (Lipinski definition) is 0. The molecule has 0 aromatic carbocycles. The summed E-state index contributed by atoms with van der Waals surface area (Å²) in [5.41, 5.74) is -1.28. The van der Waals surface area contributed by atoms with Gasteiger partial charge >= 0.3 is 6.18 Å². The first-order chi connectivity index (χ1) is 8.50. The first-order valence-corrected chi connectivity index (χ1v) is 5.63. The molecular formula is C12H12F3NO2. The van der Waals surface area contributed by atoms with E-state index in [1.807, 2.05) is 0 Å². The maximum Gasteiger partial charge on any atom is 0.417 e. The third-order valence-electron chi connectivity index (χ3n) is 2.92. The predicted molar refractivity (Wildman–Crippen MR) is 57.1 cm³/mol. The van der Waals surface area contributed by atoms with Crippen LogP contribution in [0.1, 0.15) is 28.8 Å². The van der Waals surface area contributed by atoms with Crippen molar-refractivity contribution >= 4 is 5.78 Å². The van der Waals surface area contributed by atoms with Gasteiger partial charge in [-0.05, 0) is 18.9 Å². The molecular weight excluding hydrogens is 247 g/mol. The molecule has 0 aliphatic carbocycles. The van der Waals surface area contributed by atoms with Crippen LogP contribution in [0.3, 0.4) is 0 Å². The van der Waals surface area contributed by atoms with Gasteiger partial charge in [0.05, 0.1) is 12.2 Å². The lowest BCUT2D eigenvalue weighted by atomic mass is 9.91.